The summed E-state index contributed by atoms with van der Waals surface area (Å²) in [6.45, 7) is 14.5. The fraction of sp³-hybridized carbons (Fsp3) is 0.800. The van der Waals surface area contributed by atoms with E-state index in [4.69, 9.17) is 0 Å². The van der Waals surface area contributed by atoms with Gasteiger partial charge in [0.2, 0.25) is 0 Å². The Morgan fingerprint density at radius 3 is 2.36 bits per heavy atom. The summed E-state index contributed by atoms with van der Waals surface area (Å²) >= 11 is 0. The Bertz CT molecular complexity index is 458. The second-order valence-electron chi connectivity index (χ2n) is 9.06. The third kappa shape index (κ3) is 3.05. The van der Waals surface area contributed by atoms with E-state index in [0.717, 1.165) is 19.3 Å². The molecule has 5 atom stereocenters. The lowest BCUT2D eigenvalue weighted by Gasteiger charge is -2.60. The van der Waals surface area contributed by atoms with Crippen LogP contribution in [-0.4, -0.2) is 21.4 Å². The Labute approximate surface area is 136 Å². The monoisotopic (exact) mass is 306 g/mol. The first-order valence-electron chi connectivity index (χ1n) is 8.72. The lowest BCUT2D eigenvalue weighted by molar-refractivity contribution is -0.149. The normalized spacial score (nSPS) is 44.3. The molecule has 0 aromatic carbocycles. The maximum absolute atomic E-state index is 11.0. The summed E-state index contributed by atoms with van der Waals surface area (Å²) in [7, 11) is 0. The van der Waals surface area contributed by atoms with Gasteiger partial charge in [0.05, 0.1) is 11.2 Å². The lowest BCUT2D eigenvalue weighted by atomic mass is 9.45. The van der Waals surface area contributed by atoms with Crippen LogP contribution in [-0.2, 0) is 0 Å². The Hall–Kier alpha value is -0.600. The zero-order valence-electron chi connectivity index (χ0n) is 15.0. The maximum Gasteiger partial charge on any atom is 0.0978 e. The molecule has 2 rings (SSSR count). The lowest BCUT2D eigenvalue weighted by Crippen LogP contribution is -2.57. The van der Waals surface area contributed by atoms with Crippen molar-refractivity contribution in [2.45, 2.75) is 77.9 Å². The van der Waals surface area contributed by atoms with Crippen molar-refractivity contribution in [2.75, 3.05) is 0 Å². The highest BCUT2D eigenvalue weighted by Crippen LogP contribution is 2.62. The maximum atomic E-state index is 11.0. The first-order chi connectivity index (χ1) is 9.95. The van der Waals surface area contributed by atoms with Crippen molar-refractivity contribution in [1.29, 1.82) is 0 Å². The smallest absolute Gasteiger partial charge is 0.0978 e. The number of hydrogen-bond acceptors (Lipinski definition) is 2. The SMILES string of the molecule is C=C[C@](C)(O)/C=C/[C@@H]1[C@@]2(C)CCCC(C)(C)[C@@H]2CC[C@@]1(C)O. The molecule has 126 valence electrons. The highest BCUT2D eigenvalue weighted by molar-refractivity contribution is 5.17. The van der Waals surface area contributed by atoms with Crippen molar-refractivity contribution < 1.29 is 10.2 Å². The molecule has 2 nitrogen and oxygen atoms in total. The quantitative estimate of drug-likeness (QED) is 0.755. The van der Waals surface area contributed by atoms with Crippen LogP contribution in [0.1, 0.15) is 66.7 Å². The summed E-state index contributed by atoms with van der Waals surface area (Å²) in [6.07, 6.45) is 11.0. The molecule has 0 radical (unpaired) electrons. The van der Waals surface area contributed by atoms with Gasteiger partial charge in [-0.2, -0.15) is 0 Å². The summed E-state index contributed by atoms with van der Waals surface area (Å²) in [5.74, 6) is 0.696. The molecule has 2 fully saturated rings. The van der Waals surface area contributed by atoms with Crippen LogP contribution in [0.3, 0.4) is 0 Å². The molecule has 2 N–H and O–H groups in total. The van der Waals surface area contributed by atoms with Gasteiger partial charge in [-0.05, 0) is 56.3 Å². The van der Waals surface area contributed by atoms with E-state index in [9.17, 15) is 10.2 Å². The zero-order valence-corrected chi connectivity index (χ0v) is 15.0. The van der Waals surface area contributed by atoms with Gasteiger partial charge in [-0.15, -0.1) is 0 Å². The van der Waals surface area contributed by atoms with E-state index < -0.39 is 11.2 Å². The van der Waals surface area contributed by atoms with Crippen molar-refractivity contribution in [3.05, 3.63) is 24.8 Å². The van der Waals surface area contributed by atoms with Gasteiger partial charge < -0.3 is 10.2 Å². The fourth-order valence-corrected chi connectivity index (χ4v) is 5.35. The largest absolute Gasteiger partial charge is 0.390 e. The Morgan fingerprint density at radius 1 is 1.14 bits per heavy atom. The van der Waals surface area contributed by atoms with Crippen molar-refractivity contribution in [3.8, 4) is 0 Å². The molecule has 2 saturated carbocycles. The van der Waals surface area contributed by atoms with Crippen LogP contribution in [0.25, 0.3) is 0 Å². The van der Waals surface area contributed by atoms with Gasteiger partial charge in [-0.3, -0.25) is 0 Å². The molecule has 0 unspecified atom stereocenters. The van der Waals surface area contributed by atoms with Gasteiger partial charge in [0.25, 0.3) is 0 Å². The minimum absolute atomic E-state index is 0.0738. The van der Waals surface area contributed by atoms with E-state index in [-0.39, 0.29) is 11.3 Å². The van der Waals surface area contributed by atoms with E-state index in [1.165, 1.54) is 12.8 Å². The van der Waals surface area contributed by atoms with Crippen LogP contribution in [0, 0.1) is 22.7 Å². The number of aliphatic hydroxyl groups is 2. The highest BCUT2D eigenvalue weighted by atomic mass is 16.3. The molecule has 22 heavy (non-hydrogen) atoms. The molecule has 0 aromatic heterocycles. The van der Waals surface area contributed by atoms with Crippen molar-refractivity contribution >= 4 is 0 Å². The molecule has 0 heterocycles. The molecular weight excluding hydrogens is 272 g/mol. The van der Waals surface area contributed by atoms with Gasteiger partial charge in [-0.1, -0.05) is 52.0 Å². The van der Waals surface area contributed by atoms with Crippen LogP contribution in [0.2, 0.25) is 0 Å². The fourth-order valence-electron chi connectivity index (χ4n) is 5.35. The second kappa shape index (κ2) is 5.49. The number of rotatable bonds is 3. The standard InChI is InChI=1S/C20H34O2/c1-7-18(4,21)13-9-16-19(5)12-8-11-17(2,3)15(19)10-14-20(16,6)22/h7,9,13,15-16,21-22H,1,8,10-12,14H2,2-6H3/b13-9+/t15-,16+,18-,19-,20+/m0/s1. The summed E-state index contributed by atoms with van der Waals surface area (Å²) < 4.78 is 0. The van der Waals surface area contributed by atoms with E-state index in [1.807, 2.05) is 13.0 Å². The molecule has 2 aliphatic rings. The molecule has 0 aromatic rings. The Kier molecular flexibility index (Phi) is 4.43. The molecule has 0 aliphatic heterocycles. The van der Waals surface area contributed by atoms with E-state index in [0.29, 0.717) is 11.3 Å². The van der Waals surface area contributed by atoms with Crippen LogP contribution in [0.4, 0.5) is 0 Å². The van der Waals surface area contributed by atoms with Crippen molar-refractivity contribution in [1.82, 2.24) is 0 Å². The predicted molar refractivity (Wildman–Crippen MR) is 92.5 cm³/mol. The van der Waals surface area contributed by atoms with E-state index in [2.05, 4.69) is 33.4 Å². The van der Waals surface area contributed by atoms with Gasteiger partial charge in [-0.25, -0.2) is 0 Å². The van der Waals surface area contributed by atoms with Crippen LogP contribution in [0.5, 0.6) is 0 Å². The molecule has 2 heteroatoms. The average Bonchev–Trinajstić information content (AvgIpc) is 2.35. The zero-order chi connectivity index (χ0) is 16.8. The second-order valence-corrected chi connectivity index (χ2v) is 9.06. The van der Waals surface area contributed by atoms with Crippen LogP contribution < -0.4 is 0 Å². The van der Waals surface area contributed by atoms with Crippen LogP contribution in [0.15, 0.2) is 24.8 Å². The van der Waals surface area contributed by atoms with E-state index in [1.54, 1.807) is 13.0 Å². The Morgan fingerprint density at radius 2 is 1.77 bits per heavy atom. The van der Waals surface area contributed by atoms with Gasteiger partial charge in [0.15, 0.2) is 0 Å². The van der Waals surface area contributed by atoms with Crippen molar-refractivity contribution in [2.24, 2.45) is 22.7 Å². The molecular formula is C20H34O2. The molecule has 0 spiro atoms. The van der Waals surface area contributed by atoms with Crippen molar-refractivity contribution in [3.63, 3.8) is 0 Å². The first kappa shape index (κ1) is 17.7. The first-order valence-corrected chi connectivity index (χ1v) is 8.72. The van der Waals surface area contributed by atoms with Crippen LogP contribution >= 0.6 is 0 Å². The summed E-state index contributed by atoms with van der Waals surface area (Å²) in [6, 6.07) is 0. The van der Waals surface area contributed by atoms with E-state index >= 15 is 0 Å². The summed E-state index contributed by atoms with van der Waals surface area (Å²) in [5, 5.41) is 21.2. The third-order valence-corrected chi connectivity index (χ3v) is 6.63. The third-order valence-electron chi connectivity index (χ3n) is 6.63. The topological polar surface area (TPSA) is 40.5 Å². The summed E-state index contributed by atoms with van der Waals surface area (Å²) in [5.41, 5.74) is -1.29. The minimum Gasteiger partial charge on any atom is -0.390 e. The minimum atomic E-state index is -1.01. The van der Waals surface area contributed by atoms with Gasteiger partial charge in [0.1, 0.15) is 0 Å². The molecule has 0 saturated heterocycles. The Balaban J connectivity index is 2.40. The average molecular weight is 306 g/mol. The predicted octanol–water partition coefficient (Wildman–Crippen LogP) is 4.47. The molecule has 2 aliphatic carbocycles. The van der Waals surface area contributed by atoms with Gasteiger partial charge in [0, 0.05) is 5.92 Å². The van der Waals surface area contributed by atoms with Gasteiger partial charge >= 0.3 is 0 Å². The molecule has 0 amide bonds. The highest BCUT2D eigenvalue weighted by Gasteiger charge is 2.57. The number of hydrogen-bond donors (Lipinski definition) is 2. The summed E-state index contributed by atoms with van der Waals surface area (Å²) in [4.78, 5) is 0. The molecule has 0 bridgehead atoms. The number of fused-ring (bicyclic) bond motifs is 1.